The Morgan fingerprint density at radius 1 is 1.24 bits per heavy atom. The monoisotopic (exact) mass is 229 g/mol. The maximum Gasteiger partial charge on any atom is 0.254 e. The molecule has 2 heterocycles. The van der Waals surface area contributed by atoms with Gasteiger partial charge in [-0.05, 0) is 12.1 Å². The zero-order valence-corrected chi connectivity index (χ0v) is 8.68. The van der Waals surface area contributed by atoms with E-state index in [1.807, 2.05) is 0 Å². The van der Waals surface area contributed by atoms with Gasteiger partial charge in [-0.2, -0.15) is 4.39 Å². The summed E-state index contributed by atoms with van der Waals surface area (Å²) in [7, 11) is 0. The highest BCUT2D eigenvalue weighted by Gasteiger charge is 2.21. The predicted molar refractivity (Wildman–Crippen MR) is 56.9 cm³/mol. The third kappa shape index (κ3) is 2.55. The smallest absolute Gasteiger partial charge is 0.254 e. The van der Waals surface area contributed by atoms with Crippen LogP contribution in [0, 0.1) is 17.8 Å². The molecule has 1 aliphatic heterocycles. The third-order valence-electron chi connectivity index (χ3n) is 2.10. The second kappa shape index (κ2) is 4.58. The van der Waals surface area contributed by atoms with Gasteiger partial charge in [0.1, 0.15) is 0 Å². The van der Waals surface area contributed by atoms with Crippen molar-refractivity contribution in [1.29, 1.82) is 0 Å². The first-order chi connectivity index (χ1) is 8.16. The van der Waals surface area contributed by atoms with E-state index in [1.54, 1.807) is 0 Å². The summed E-state index contributed by atoms with van der Waals surface area (Å²) >= 11 is 0. The first kappa shape index (κ1) is 11.0. The SMILES string of the molecule is O=C1C=CC(=O)N1CC#Cc1ccc([18F])nc1. The Hall–Kier alpha value is -2.48. The number of halogens is 1. The second-order valence-electron chi connectivity index (χ2n) is 3.27. The van der Waals surface area contributed by atoms with Crippen LogP contribution in [0.3, 0.4) is 0 Å². The van der Waals surface area contributed by atoms with Crippen molar-refractivity contribution in [3.05, 3.63) is 42.0 Å². The van der Waals surface area contributed by atoms with Crippen LogP contribution in [0.15, 0.2) is 30.5 Å². The number of carbonyl (C=O) groups is 2. The average Bonchev–Trinajstić information content (AvgIpc) is 2.63. The van der Waals surface area contributed by atoms with Crippen molar-refractivity contribution in [2.75, 3.05) is 6.54 Å². The molecule has 4 nitrogen and oxygen atoms in total. The van der Waals surface area contributed by atoms with Gasteiger partial charge in [0.2, 0.25) is 5.95 Å². The van der Waals surface area contributed by atoms with Gasteiger partial charge in [-0.3, -0.25) is 14.5 Å². The minimum absolute atomic E-state index is 0.0159. The van der Waals surface area contributed by atoms with Crippen LogP contribution in [-0.2, 0) is 9.59 Å². The Bertz CT molecular complexity index is 534. The van der Waals surface area contributed by atoms with Gasteiger partial charge in [-0.25, -0.2) is 4.98 Å². The number of aromatic nitrogens is 1. The molecule has 1 aliphatic rings. The highest BCUT2D eigenvalue weighted by molar-refractivity contribution is 6.13. The van der Waals surface area contributed by atoms with E-state index < -0.39 is 5.95 Å². The number of hydrogen-bond acceptors (Lipinski definition) is 3. The number of amides is 2. The zero-order chi connectivity index (χ0) is 12.3. The highest BCUT2D eigenvalue weighted by atomic mass is 18.2. The van der Waals surface area contributed by atoms with Crippen molar-refractivity contribution in [1.82, 2.24) is 9.88 Å². The molecule has 0 N–H and O–H groups in total. The molecule has 1 aromatic rings. The van der Waals surface area contributed by atoms with E-state index >= 15 is 0 Å². The molecule has 0 spiro atoms. The standard InChI is InChI=1S/C12H7FN2O2/c13-10-4-3-9(8-14-10)2-1-7-15-11(16)5-6-12(15)17/h3-6,8H,7H2/i13-1. The molecule has 0 aliphatic carbocycles. The minimum Gasteiger partial charge on any atom is -0.269 e. The van der Waals surface area contributed by atoms with Gasteiger partial charge in [-0.15, -0.1) is 0 Å². The Balaban J connectivity index is 2.01. The van der Waals surface area contributed by atoms with E-state index in [1.165, 1.54) is 30.5 Å². The van der Waals surface area contributed by atoms with Gasteiger partial charge in [0.05, 0.1) is 6.54 Å². The van der Waals surface area contributed by atoms with Crippen molar-refractivity contribution >= 4 is 11.8 Å². The molecule has 84 valence electrons. The lowest BCUT2D eigenvalue weighted by atomic mass is 10.3. The summed E-state index contributed by atoms with van der Waals surface area (Å²) in [6.45, 7) is 0.0159. The maximum absolute atomic E-state index is 12.5. The van der Waals surface area contributed by atoms with Crippen LogP contribution in [-0.4, -0.2) is 28.2 Å². The molecular weight excluding hydrogens is 222 g/mol. The van der Waals surface area contributed by atoms with Gasteiger partial charge in [0.25, 0.3) is 11.8 Å². The largest absolute Gasteiger partial charge is 0.269 e. The van der Waals surface area contributed by atoms with Gasteiger partial charge in [-0.1, -0.05) is 11.8 Å². The van der Waals surface area contributed by atoms with Crippen LogP contribution >= 0.6 is 0 Å². The zero-order valence-electron chi connectivity index (χ0n) is 8.68. The number of pyridine rings is 1. The lowest BCUT2D eigenvalue weighted by molar-refractivity contribution is -0.135. The Kier molecular flexibility index (Phi) is 2.97. The van der Waals surface area contributed by atoms with E-state index in [2.05, 4.69) is 16.8 Å². The molecule has 5 heteroatoms. The summed E-state index contributed by atoms with van der Waals surface area (Å²) in [4.78, 5) is 26.8. The topological polar surface area (TPSA) is 50.3 Å². The normalized spacial score (nSPS) is 13.8. The van der Waals surface area contributed by atoms with Crippen molar-refractivity contribution in [3.63, 3.8) is 0 Å². The molecule has 0 atom stereocenters. The van der Waals surface area contributed by atoms with Crippen LogP contribution in [0.1, 0.15) is 5.56 Å². The van der Waals surface area contributed by atoms with Gasteiger partial charge in [0, 0.05) is 23.9 Å². The molecule has 0 radical (unpaired) electrons. The molecule has 1 aromatic heterocycles. The molecule has 0 fully saturated rings. The third-order valence-corrected chi connectivity index (χ3v) is 2.10. The fourth-order valence-corrected chi connectivity index (χ4v) is 1.26. The number of carbonyl (C=O) groups excluding carboxylic acids is 2. The van der Waals surface area contributed by atoms with Gasteiger partial charge >= 0.3 is 0 Å². The van der Waals surface area contributed by atoms with Crippen LogP contribution in [0.4, 0.5) is 4.39 Å². The molecule has 0 saturated carbocycles. The summed E-state index contributed by atoms with van der Waals surface area (Å²) in [5, 5.41) is 0. The lowest BCUT2D eigenvalue weighted by Gasteiger charge is -2.07. The Morgan fingerprint density at radius 3 is 2.53 bits per heavy atom. The Labute approximate surface area is 96.8 Å². The van der Waals surface area contributed by atoms with E-state index in [4.69, 9.17) is 0 Å². The van der Waals surface area contributed by atoms with Crippen LogP contribution < -0.4 is 0 Å². The number of nitrogens with zero attached hydrogens (tertiary/aromatic N) is 2. The first-order valence-electron chi connectivity index (χ1n) is 4.81. The number of hydrogen-bond donors (Lipinski definition) is 0. The van der Waals surface area contributed by atoms with E-state index in [0.717, 1.165) is 4.90 Å². The van der Waals surface area contributed by atoms with Crippen LogP contribution in [0.5, 0.6) is 0 Å². The van der Waals surface area contributed by atoms with Crippen molar-refractivity contribution in [3.8, 4) is 11.8 Å². The summed E-state index contributed by atoms with van der Waals surface area (Å²) in [6.07, 6.45) is 3.68. The molecule has 0 unspecified atom stereocenters. The van der Waals surface area contributed by atoms with E-state index in [0.29, 0.717) is 5.56 Å². The number of rotatable bonds is 1. The molecular formula is C12H7FN2O2. The first-order valence-corrected chi connectivity index (χ1v) is 4.81. The van der Waals surface area contributed by atoms with E-state index in [9.17, 15) is 14.0 Å². The highest BCUT2D eigenvalue weighted by Crippen LogP contribution is 2.02. The predicted octanol–water partition coefficient (Wildman–Crippen LogP) is 0.497. The van der Waals surface area contributed by atoms with Crippen LogP contribution in [0.25, 0.3) is 0 Å². The van der Waals surface area contributed by atoms with Crippen molar-refractivity contribution in [2.24, 2.45) is 0 Å². The van der Waals surface area contributed by atoms with Crippen molar-refractivity contribution in [2.45, 2.75) is 0 Å². The molecule has 0 saturated heterocycles. The summed E-state index contributed by atoms with van der Waals surface area (Å²) in [6, 6.07) is 2.67. The number of imide groups is 1. The van der Waals surface area contributed by atoms with Crippen molar-refractivity contribution < 1.29 is 14.0 Å². The van der Waals surface area contributed by atoms with Crippen LogP contribution in [0.2, 0.25) is 0 Å². The summed E-state index contributed by atoms with van der Waals surface area (Å²) in [5.74, 6) is 4.02. The molecule has 2 rings (SSSR count). The average molecular weight is 229 g/mol. The molecule has 17 heavy (non-hydrogen) atoms. The molecule has 0 aromatic carbocycles. The Morgan fingerprint density at radius 2 is 1.94 bits per heavy atom. The minimum atomic E-state index is -0.579. The fourth-order valence-electron chi connectivity index (χ4n) is 1.26. The molecule has 2 amide bonds. The maximum atomic E-state index is 12.5. The van der Waals surface area contributed by atoms with E-state index in [-0.39, 0.29) is 18.4 Å². The second-order valence-corrected chi connectivity index (χ2v) is 3.27. The fraction of sp³-hybridized carbons (Fsp3) is 0.0833. The molecule has 0 bridgehead atoms. The lowest BCUT2D eigenvalue weighted by Crippen LogP contribution is -2.30. The summed E-state index contributed by atoms with van der Waals surface area (Å²) < 4.78 is 12.5. The van der Waals surface area contributed by atoms with Gasteiger partial charge in [0.15, 0.2) is 0 Å². The van der Waals surface area contributed by atoms with Gasteiger partial charge < -0.3 is 0 Å². The quantitative estimate of drug-likeness (QED) is 0.400. The summed E-state index contributed by atoms with van der Waals surface area (Å²) in [5.41, 5.74) is 0.526.